The van der Waals surface area contributed by atoms with E-state index in [2.05, 4.69) is 44.1 Å². The highest BCUT2D eigenvalue weighted by atomic mass is 15.0. The van der Waals surface area contributed by atoms with Gasteiger partial charge in [-0.05, 0) is 31.5 Å². The van der Waals surface area contributed by atoms with Crippen LogP contribution in [0.2, 0.25) is 0 Å². The van der Waals surface area contributed by atoms with Gasteiger partial charge in [-0.2, -0.15) is 0 Å². The predicted molar refractivity (Wildman–Crippen MR) is 84.9 cm³/mol. The number of unbranched alkanes of at least 4 members (excludes halogenated alkanes) is 1. The molecule has 0 aliphatic rings. The third-order valence-electron chi connectivity index (χ3n) is 3.54. The van der Waals surface area contributed by atoms with Gasteiger partial charge in [0, 0.05) is 30.9 Å². The SMILES string of the molecule is c1ccc2nc(CNCCCCn3ccnc3)ccc2c1. The number of rotatable bonds is 7. The number of aryl methyl sites for hydroxylation is 1. The van der Waals surface area contributed by atoms with Crippen LogP contribution in [-0.4, -0.2) is 21.1 Å². The van der Waals surface area contributed by atoms with E-state index in [0.717, 1.165) is 43.7 Å². The molecule has 2 aromatic heterocycles. The molecule has 0 radical (unpaired) electrons. The zero-order valence-corrected chi connectivity index (χ0v) is 12.1. The van der Waals surface area contributed by atoms with E-state index < -0.39 is 0 Å². The lowest BCUT2D eigenvalue weighted by Gasteiger charge is -2.06. The average Bonchev–Trinajstić information content (AvgIpc) is 3.04. The average molecular weight is 280 g/mol. The number of fused-ring (bicyclic) bond motifs is 1. The maximum Gasteiger partial charge on any atom is 0.0945 e. The molecule has 2 heterocycles. The molecule has 3 aromatic rings. The van der Waals surface area contributed by atoms with Gasteiger partial charge in [-0.3, -0.25) is 4.98 Å². The maximum atomic E-state index is 4.66. The lowest BCUT2D eigenvalue weighted by atomic mass is 10.2. The number of imidazole rings is 1. The molecule has 1 N–H and O–H groups in total. The van der Waals surface area contributed by atoms with Crippen LogP contribution in [0.5, 0.6) is 0 Å². The van der Waals surface area contributed by atoms with E-state index in [9.17, 15) is 0 Å². The van der Waals surface area contributed by atoms with Gasteiger partial charge in [0.25, 0.3) is 0 Å². The van der Waals surface area contributed by atoms with E-state index >= 15 is 0 Å². The van der Waals surface area contributed by atoms with E-state index in [1.807, 2.05) is 30.9 Å². The molecule has 0 unspecified atom stereocenters. The first-order chi connectivity index (χ1) is 10.4. The van der Waals surface area contributed by atoms with E-state index in [-0.39, 0.29) is 0 Å². The molecule has 0 amide bonds. The summed E-state index contributed by atoms with van der Waals surface area (Å²) in [6, 6.07) is 12.5. The van der Waals surface area contributed by atoms with Crippen LogP contribution in [0.15, 0.2) is 55.1 Å². The first kappa shape index (κ1) is 13.8. The van der Waals surface area contributed by atoms with Crippen LogP contribution < -0.4 is 5.32 Å². The van der Waals surface area contributed by atoms with Gasteiger partial charge < -0.3 is 9.88 Å². The normalized spacial score (nSPS) is 11.0. The highest BCUT2D eigenvalue weighted by molar-refractivity contribution is 5.78. The number of nitrogens with one attached hydrogen (secondary N) is 1. The molecule has 0 spiro atoms. The topological polar surface area (TPSA) is 42.7 Å². The lowest BCUT2D eigenvalue weighted by Crippen LogP contribution is -2.16. The van der Waals surface area contributed by atoms with Crippen LogP contribution in [0.4, 0.5) is 0 Å². The molecule has 0 fully saturated rings. The molecular formula is C17H20N4. The van der Waals surface area contributed by atoms with Crippen molar-refractivity contribution in [2.75, 3.05) is 6.54 Å². The Morgan fingerprint density at radius 2 is 2.00 bits per heavy atom. The number of hydrogen-bond donors (Lipinski definition) is 1. The van der Waals surface area contributed by atoms with Gasteiger partial charge in [0.2, 0.25) is 0 Å². The number of para-hydroxylation sites is 1. The van der Waals surface area contributed by atoms with Crippen molar-refractivity contribution in [2.45, 2.75) is 25.9 Å². The number of hydrogen-bond acceptors (Lipinski definition) is 3. The summed E-state index contributed by atoms with van der Waals surface area (Å²) in [5.74, 6) is 0. The molecule has 0 atom stereocenters. The predicted octanol–water partition coefficient (Wildman–Crippen LogP) is 3.00. The van der Waals surface area contributed by atoms with Crippen molar-refractivity contribution in [3.8, 4) is 0 Å². The van der Waals surface area contributed by atoms with Crippen LogP contribution >= 0.6 is 0 Å². The molecule has 0 aliphatic heterocycles. The van der Waals surface area contributed by atoms with Gasteiger partial charge in [0.05, 0.1) is 17.5 Å². The Bertz CT molecular complexity index is 676. The maximum absolute atomic E-state index is 4.66. The van der Waals surface area contributed by atoms with E-state index in [1.165, 1.54) is 5.39 Å². The second-order valence-electron chi connectivity index (χ2n) is 5.18. The summed E-state index contributed by atoms with van der Waals surface area (Å²) in [7, 11) is 0. The minimum Gasteiger partial charge on any atom is -0.337 e. The summed E-state index contributed by atoms with van der Waals surface area (Å²) >= 11 is 0. The summed E-state index contributed by atoms with van der Waals surface area (Å²) in [6.07, 6.45) is 8.02. The van der Waals surface area contributed by atoms with Crippen molar-refractivity contribution in [2.24, 2.45) is 0 Å². The Hall–Kier alpha value is -2.20. The Labute approximate surface area is 124 Å². The Morgan fingerprint density at radius 1 is 1.05 bits per heavy atom. The number of aromatic nitrogens is 3. The van der Waals surface area contributed by atoms with Crippen LogP contribution in [-0.2, 0) is 13.1 Å². The largest absolute Gasteiger partial charge is 0.337 e. The number of benzene rings is 1. The zero-order chi connectivity index (χ0) is 14.3. The summed E-state index contributed by atoms with van der Waals surface area (Å²) < 4.78 is 2.12. The second kappa shape index (κ2) is 6.99. The fraction of sp³-hybridized carbons (Fsp3) is 0.294. The summed E-state index contributed by atoms with van der Waals surface area (Å²) in [4.78, 5) is 8.70. The van der Waals surface area contributed by atoms with Crippen molar-refractivity contribution in [1.29, 1.82) is 0 Å². The van der Waals surface area contributed by atoms with Gasteiger partial charge in [-0.1, -0.05) is 24.3 Å². The minimum absolute atomic E-state index is 0.829. The standard InChI is InChI=1S/C17H20N4/c1-2-6-17-15(5-1)7-8-16(20-17)13-18-9-3-4-11-21-12-10-19-14-21/h1-2,5-8,10,12,14,18H,3-4,9,11,13H2. The highest BCUT2D eigenvalue weighted by Crippen LogP contribution is 2.11. The van der Waals surface area contributed by atoms with Gasteiger partial charge in [0.1, 0.15) is 0 Å². The third kappa shape index (κ3) is 3.89. The zero-order valence-electron chi connectivity index (χ0n) is 12.1. The van der Waals surface area contributed by atoms with Crippen molar-refractivity contribution in [3.63, 3.8) is 0 Å². The highest BCUT2D eigenvalue weighted by Gasteiger charge is 1.98. The minimum atomic E-state index is 0.829. The van der Waals surface area contributed by atoms with Crippen molar-refractivity contribution in [1.82, 2.24) is 19.9 Å². The number of nitrogens with zero attached hydrogens (tertiary/aromatic N) is 3. The monoisotopic (exact) mass is 280 g/mol. The van der Waals surface area contributed by atoms with Crippen molar-refractivity contribution >= 4 is 10.9 Å². The third-order valence-corrected chi connectivity index (χ3v) is 3.54. The quantitative estimate of drug-likeness (QED) is 0.677. The molecule has 0 aliphatic carbocycles. The molecule has 0 bridgehead atoms. The molecule has 21 heavy (non-hydrogen) atoms. The van der Waals surface area contributed by atoms with E-state index in [0.29, 0.717) is 0 Å². The lowest BCUT2D eigenvalue weighted by molar-refractivity contribution is 0.566. The van der Waals surface area contributed by atoms with E-state index in [4.69, 9.17) is 0 Å². The Kier molecular flexibility index (Phi) is 4.59. The molecule has 3 rings (SSSR count). The summed E-state index contributed by atoms with van der Waals surface area (Å²) in [5.41, 5.74) is 2.17. The Balaban J connectivity index is 1.40. The van der Waals surface area contributed by atoms with Crippen LogP contribution in [0.25, 0.3) is 10.9 Å². The number of pyridine rings is 1. The van der Waals surface area contributed by atoms with Gasteiger partial charge in [0.15, 0.2) is 0 Å². The fourth-order valence-corrected chi connectivity index (χ4v) is 2.39. The van der Waals surface area contributed by atoms with Gasteiger partial charge in [-0.15, -0.1) is 0 Å². The van der Waals surface area contributed by atoms with Crippen LogP contribution in [0.1, 0.15) is 18.5 Å². The van der Waals surface area contributed by atoms with E-state index in [1.54, 1.807) is 0 Å². The first-order valence-electron chi connectivity index (χ1n) is 7.43. The van der Waals surface area contributed by atoms with Crippen molar-refractivity contribution in [3.05, 3.63) is 60.8 Å². The molecule has 4 nitrogen and oxygen atoms in total. The first-order valence-corrected chi connectivity index (χ1v) is 7.43. The molecule has 4 heteroatoms. The molecular weight excluding hydrogens is 260 g/mol. The smallest absolute Gasteiger partial charge is 0.0945 e. The summed E-state index contributed by atoms with van der Waals surface area (Å²) in [5, 5.41) is 4.66. The molecule has 108 valence electrons. The van der Waals surface area contributed by atoms with Gasteiger partial charge >= 0.3 is 0 Å². The van der Waals surface area contributed by atoms with Gasteiger partial charge in [-0.25, -0.2) is 4.98 Å². The Morgan fingerprint density at radius 3 is 2.90 bits per heavy atom. The van der Waals surface area contributed by atoms with Crippen LogP contribution in [0.3, 0.4) is 0 Å². The summed E-state index contributed by atoms with van der Waals surface area (Å²) in [6.45, 7) is 2.88. The second-order valence-corrected chi connectivity index (χ2v) is 5.18. The van der Waals surface area contributed by atoms with Crippen LogP contribution in [0, 0.1) is 0 Å². The molecule has 1 aromatic carbocycles. The van der Waals surface area contributed by atoms with Crippen molar-refractivity contribution < 1.29 is 0 Å². The molecule has 0 saturated heterocycles. The fourth-order valence-electron chi connectivity index (χ4n) is 2.39. The molecule has 0 saturated carbocycles.